The number of rotatable bonds is 6. The molecule has 2 aromatic carbocycles. The van der Waals surface area contributed by atoms with Crippen LogP contribution in [0.2, 0.25) is 0 Å². The number of ether oxygens (including phenoxy) is 1. The van der Waals surface area contributed by atoms with Gasteiger partial charge in [-0.1, -0.05) is 23.5 Å². The normalized spacial score (nSPS) is 11.4. The van der Waals surface area contributed by atoms with E-state index >= 15 is 0 Å². The van der Waals surface area contributed by atoms with E-state index in [0.717, 1.165) is 12.1 Å². The fourth-order valence-electron chi connectivity index (χ4n) is 1.98. The summed E-state index contributed by atoms with van der Waals surface area (Å²) in [6.45, 7) is -0.0736. The fourth-order valence-corrected chi connectivity index (χ4v) is 3.59. The molecule has 0 aliphatic carbocycles. The lowest BCUT2D eigenvalue weighted by Gasteiger charge is -2.08. The minimum Gasteiger partial charge on any atom is -0.431 e. The van der Waals surface area contributed by atoms with Gasteiger partial charge in [0.15, 0.2) is 0 Å². The molecule has 3 rings (SSSR count). The first-order chi connectivity index (χ1) is 11.9. The largest absolute Gasteiger partial charge is 0.431 e. The minimum absolute atomic E-state index is 0.0736. The summed E-state index contributed by atoms with van der Waals surface area (Å²) >= 11 is 1.34. The molecular weight excluding hydrogens is 370 g/mol. The standard InChI is InChI=1S/C16H12F2N2O3S2/c17-12-3-6-14(18)15(9-12)25(21,22)20-10-11-1-4-13(5-2-11)23-16-19-7-8-24-16/h1-9,20H,10H2. The number of nitrogens with one attached hydrogen (secondary N) is 1. The Morgan fingerprint density at radius 2 is 1.88 bits per heavy atom. The highest BCUT2D eigenvalue weighted by Crippen LogP contribution is 2.23. The molecule has 25 heavy (non-hydrogen) atoms. The molecule has 0 amide bonds. The summed E-state index contributed by atoms with van der Waals surface area (Å²) in [5.41, 5.74) is 0.631. The van der Waals surface area contributed by atoms with E-state index in [1.807, 2.05) is 0 Å². The van der Waals surface area contributed by atoms with Crippen molar-refractivity contribution in [2.24, 2.45) is 0 Å². The van der Waals surface area contributed by atoms with E-state index in [0.29, 0.717) is 22.6 Å². The van der Waals surface area contributed by atoms with Crippen LogP contribution in [0.1, 0.15) is 5.56 Å². The average molecular weight is 382 g/mol. The van der Waals surface area contributed by atoms with Gasteiger partial charge in [0.1, 0.15) is 22.3 Å². The zero-order chi connectivity index (χ0) is 17.9. The molecule has 0 aliphatic heterocycles. The lowest BCUT2D eigenvalue weighted by Crippen LogP contribution is -2.24. The summed E-state index contributed by atoms with van der Waals surface area (Å²) in [6, 6.07) is 8.91. The second kappa shape index (κ2) is 7.26. The van der Waals surface area contributed by atoms with Crippen LogP contribution in [0.3, 0.4) is 0 Å². The highest BCUT2D eigenvalue weighted by Gasteiger charge is 2.19. The molecule has 9 heteroatoms. The third-order valence-corrected chi connectivity index (χ3v) is 5.25. The lowest BCUT2D eigenvalue weighted by atomic mass is 10.2. The van der Waals surface area contributed by atoms with E-state index < -0.39 is 26.6 Å². The highest BCUT2D eigenvalue weighted by molar-refractivity contribution is 7.89. The van der Waals surface area contributed by atoms with Crippen LogP contribution in [-0.4, -0.2) is 13.4 Å². The first kappa shape index (κ1) is 17.5. The first-order valence-corrected chi connectivity index (χ1v) is 9.41. The van der Waals surface area contributed by atoms with E-state index in [9.17, 15) is 17.2 Å². The zero-order valence-corrected chi connectivity index (χ0v) is 14.3. The topological polar surface area (TPSA) is 68.3 Å². The second-order valence-corrected chi connectivity index (χ2v) is 7.54. The molecule has 0 unspecified atom stereocenters. The van der Waals surface area contributed by atoms with E-state index in [2.05, 4.69) is 9.71 Å². The monoisotopic (exact) mass is 382 g/mol. The number of hydrogen-bond donors (Lipinski definition) is 1. The van der Waals surface area contributed by atoms with Crippen LogP contribution in [0.15, 0.2) is 58.9 Å². The molecule has 0 spiro atoms. The van der Waals surface area contributed by atoms with Gasteiger partial charge in [0.05, 0.1) is 0 Å². The van der Waals surface area contributed by atoms with Crippen molar-refractivity contribution in [2.75, 3.05) is 0 Å². The molecule has 5 nitrogen and oxygen atoms in total. The van der Waals surface area contributed by atoms with Gasteiger partial charge >= 0.3 is 0 Å². The molecule has 1 heterocycles. The maximum atomic E-state index is 13.6. The molecule has 1 N–H and O–H groups in total. The Labute approximate surface area is 147 Å². The van der Waals surface area contributed by atoms with E-state index in [1.54, 1.807) is 35.8 Å². The number of halogens is 2. The molecular formula is C16H12F2N2O3S2. The predicted molar refractivity (Wildman–Crippen MR) is 89.0 cm³/mol. The molecule has 0 fully saturated rings. The molecule has 0 bridgehead atoms. The number of nitrogens with zero attached hydrogens (tertiary/aromatic N) is 1. The van der Waals surface area contributed by atoms with Crippen LogP contribution in [-0.2, 0) is 16.6 Å². The van der Waals surface area contributed by atoms with Crippen LogP contribution >= 0.6 is 11.3 Å². The van der Waals surface area contributed by atoms with Crippen LogP contribution in [0.25, 0.3) is 0 Å². The van der Waals surface area contributed by atoms with Crippen molar-refractivity contribution in [3.8, 4) is 10.9 Å². The van der Waals surface area contributed by atoms with Crippen molar-refractivity contribution in [1.29, 1.82) is 0 Å². The van der Waals surface area contributed by atoms with Gasteiger partial charge in [-0.2, -0.15) is 0 Å². The Morgan fingerprint density at radius 1 is 1.12 bits per heavy atom. The Morgan fingerprint density at radius 3 is 2.56 bits per heavy atom. The van der Waals surface area contributed by atoms with Crippen LogP contribution < -0.4 is 9.46 Å². The van der Waals surface area contributed by atoms with Crippen molar-refractivity contribution >= 4 is 21.4 Å². The molecule has 0 radical (unpaired) electrons. The van der Waals surface area contributed by atoms with Crippen molar-refractivity contribution < 1.29 is 21.9 Å². The quantitative estimate of drug-likeness (QED) is 0.706. The number of sulfonamides is 1. The van der Waals surface area contributed by atoms with Gasteiger partial charge in [-0.3, -0.25) is 0 Å². The van der Waals surface area contributed by atoms with Gasteiger partial charge in [0.2, 0.25) is 10.0 Å². The predicted octanol–water partition coefficient (Wildman–Crippen LogP) is 3.69. The lowest BCUT2D eigenvalue weighted by molar-refractivity contribution is 0.478. The summed E-state index contributed by atoms with van der Waals surface area (Å²) in [4.78, 5) is 3.26. The molecule has 0 atom stereocenters. The van der Waals surface area contributed by atoms with Gasteiger partial charge in [-0.25, -0.2) is 26.9 Å². The summed E-state index contributed by atoms with van der Waals surface area (Å²) < 4.78 is 58.7. The second-order valence-electron chi connectivity index (χ2n) is 4.94. The van der Waals surface area contributed by atoms with Gasteiger partial charge in [0.25, 0.3) is 5.19 Å². The summed E-state index contributed by atoms with van der Waals surface area (Å²) in [5, 5.41) is 2.28. The van der Waals surface area contributed by atoms with E-state index in [4.69, 9.17) is 4.74 Å². The zero-order valence-electron chi connectivity index (χ0n) is 12.6. The van der Waals surface area contributed by atoms with Gasteiger partial charge in [-0.05, 0) is 35.9 Å². The van der Waals surface area contributed by atoms with Crippen molar-refractivity contribution in [1.82, 2.24) is 9.71 Å². The molecule has 1 aromatic heterocycles. The Kier molecular flexibility index (Phi) is 5.07. The molecule has 0 saturated heterocycles. The average Bonchev–Trinajstić information content (AvgIpc) is 3.09. The van der Waals surface area contributed by atoms with Crippen molar-refractivity contribution in [3.05, 3.63) is 71.2 Å². The smallest absolute Gasteiger partial charge is 0.278 e. The minimum atomic E-state index is -4.17. The molecule has 130 valence electrons. The summed E-state index contributed by atoms with van der Waals surface area (Å²) in [6.07, 6.45) is 1.62. The third kappa shape index (κ3) is 4.38. The van der Waals surface area contributed by atoms with Crippen molar-refractivity contribution in [3.63, 3.8) is 0 Å². The van der Waals surface area contributed by atoms with Crippen molar-refractivity contribution in [2.45, 2.75) is 11.4 Å². The third-order valence-electron chi connectivity index (χ3n) is 3.19. The maximum absolute atomic E-state index is 13.6. The maximum Gasteiger partial charge on any atom is 0.278 e. The number of benzene rings is 2. The Balaban J connectivity index is 1.67. The van der Waals surface area contributed by atoms with Crippen LogP contribution in [0.5, 0.6) is 10.9 Å². The Hall–Kier alpha value is -2.36. The SMILES string of the molecule is O=S(=O)(NCc1ccc(Oc2nccs2)cc1)c1cc(F)ccc1F. The number of thiazole rings is 1. The van der Waals surface area contributed by atoms with Crippen LogP contribution in [0, 0.1) is 11.6 Å². The fraction of sp³-hybridized carbons (Fsp3) is 0.0625. The molecule has 3 aromatic rings. The summed E-state index contributed by atoms with van der Waals surface area (Å²) in [5.74, 6) is -1.29. The van der Waals surface area contributed by atoms with Gasteiger partial charge in [-0.15, -0.1) is 0 Å². The van der Waals surface area contributed by atoms with Gasteiger partial charge < -0.3 is 4.74 Å². The van der Waals surface area contributed by atoms with E-state index in [-0.39, 0.29) is 6.54 Å². The van der Waals surface area contributed by atoms with Gasteiger partial charge in [0, 0.05) is 18.1 Å². The van der Waals surface area contributed by atoms with Crippen LogP contribution in [0.4, 0.5) is 8.78 Å². The first-order valence-electron chi connectivity index (χ1n) is 7.05. The summed E-state index contributed by atoms with van der Waals surface area (Å²) in [7, 11) is -4.17. The van der Waals surface area contributed by atoms with E-state index in [1.165, 1.54) is 11.3 Å². The molecule has 0 saturated carbocycles. The number of aromatic nitrogens is 1. The highest BCUT2D eigenvalue weighted by atomic mass is 32.2. The number of hydrogen-bond acceptors (Lipinski definition) is 5. The molecule has 0 aliphatic rings. The Bertz CT molecular complexity index is 960.